The molecule has 0 unspecified atom stereocenters. The lowest BCUT2D eigenvalue weighted by Gasteiger charge is -2.47. The van der Waals surface area contributed by atoms with Crippen molar-refractivity contribution in [1.29, 1.82) is 0 Å². The normalized spacial score (nSPS) is 32.3. The van der Waals surface area contributed by atoms with Crippen molar-refractivity contribution < 1.29 is 28.2 Å². The van der Waals surface area contributed by atoms with E-state index >= 15 is 8.78 Å². The fourth-order valence-corrected chi connectivity index (χ4v) is 5.02. The molecule has 0 aromatic heterocycles. The van der Waals surface area contributed by atoms with Crippen molar-refractivity contribution in [2.45, 2.75) is 95.5 Å². The summed E-state index contributed by atoms with van der Waals surface area (Å²) in [5, 5.41) is 10.9. The van der Waals surface area contributed by atoms with Crippen molar-refractivity contribution in [3.8, 4) is 0 Å². The van der Waals surface area contributed by atoms with Gasteiger partial charge in [-0.05, 0) is 32.1 Å². The molecular weight excluding hydrogens is 366 g/mol. The molecule has 2 rings (SSSR count). The Morgan fingerprint density at radius 1 is 1.18 bits per heavy atom. The average Bonchev–Trinajstić information content (AvgIpc) is 3.01. The van der Waals surface area contributed by atoms with E-state index in [2.05, 4.69) is 11.7 Å². The van der Waals surface area contributed by atoms with Gasteiger partial charge in [-0.1, -0.05) is 57.6 Å². The smallest absolute Gasteiger partial charge is 0.344 e. The molecule has 0 aliphatic heterocycles. The largest absolute Gasteiger partial charge is 0.467 e. The van der Waals surface area contributed by atoms with Gasteiger partial charge < -0.3 is 9.84 Å². The van der Waals surface area contributed by atoms with Gasteiger partial charge in [0.2, 0.25) is 5.60 Å². The summed E-state index contributed by atoms with van der Waals surface area (Å²) in [7, 11) is 1.01. The summed E-state index contributed by atoms with van der Waals surface area (Å²) in [5.41, 5.74) is -4.62. The first kappa shape index (κ1) is 23.0. The molecule has 2 aliphatic carbocycles. The molecule has 6 heteroatoms. The van der Waals surface area contributed by atoms with Gasteiger partial charge in [0, 0.05) is 17.8 Å². The summed E-state index contributed by atoms with van der Waals surface area (Å²) in [6, 6.07) is 0. The Labute approximate surface area is 166 Å². The first-order valence-corrected chi connectivity index (χ1v) is 10.6. The van der Waals surface area contributed by atoms with Gasteiger partial charge in [-0.25, -0.2) is 13.6 Å². The zero-order chi connectivity index (χ0) is 20.8. The highest BCUT2D eigenvalue weighted by Crippen LogP contribution is 2.61. The summed E-state index contributed by atoms with van der Waals surface area (Å²) >= 11 is 0. The van der Waals surface area contributed by atoms with E-state index in [-0.39, 0.29) is 37.9 Å². The van der Waals surface area contributed by atoms with Crippen molar-refractivity contribution >= 4 is 11.8 Å². The number of methoxy groups -OCH3 is 1. The monoisotopic (exact) mass is 400 g/mol. The van der Waals surface area contributed by atoms with Gasteiger partial charge in [0.15, 0.2) is 0 Å². The predicted octanol–water partition coefficient (Wildman–Crippen LogP) is 4.98. The number of esters is 1. The molecule has 0 saturated heterocycles. The molecule has 0 spiro atoms. The quantitative estimate of drug-likeness (QED) is 0.354. The van der Waals surface area contributed by atoms with Gasteiger partial charge in [-0.3, -0.25) is 4.79 Å². The zero-order valence-electron chi connectivity index (χ0n) is 17.1. The number of Topliss-reactive ketones (excluding diaryl/α,β-unsaturated/α-hetero) is 1. The minimum Gasteiger partial charge on any atom is -0.467 e. The van der Waals surface area contributed by atoms with Crippen molar-refractivity contribution in [3.05, 3.63) is 12.2 Å². The topological polar surface area (TPSA) is 63.6 Å². The maximum Gasteiger partial charge on any atom is 0.344 e. The van der Waals surface area contributed by atoms with Crippen LogP contribution in [-0.2, 0) is 14.3 Å². The van der Waals surface area contributed by atoms with Crippen LogP contribution in [0.5, 0.6) is 0 Å². The number of hydrogen-bond acceptors (Lipinski definition) is 4. The molecule has 1 fully saturated rings. The molecule has 1 N–H and O–H groups in total. The molecular formula is C22H34F2O4. The van der Waals surface area contributed by atoms with Gasteiger partial charge in [0.05, 0.1) is 7.11 Å². The van der Waals surface area contributed by atoms with Crippen LogP contribution in [0.2, 0.25) is 0 Å². The Balaban J connectivity index is 2.36. The Kier molecular flexibility index (Phi) is 7.77. The second-order valence-electron chi connectivity index (χ2n) is 8.36. The first-order valence-electron chi connectivity index (χ1n) is 10.6. The number of rotatable bonds is 8. The number of halogens is 2. The van der Waals surface area contributed by atoms with Crippen LogP contribution in [0, 0.1) is 11.3 Å². The number of fused-ring (bicyclic) bond motifs is 1. The molecule has 3 atom stereocenters. The third kappa shape index (κ3) is 4.03. The lowest BCUT2D eigenvalue weighted by Crippen LogP contribution is -2.64. The van der Waals surface area contributed by atoms with Crippen LogP contribution in [0.25, 0.3) is 0 Å². The average molecular weight is 401 g/mol. The highest BCUT2D eigenvalue weighted by molar-refractivity contribution is 5.86. The number of ether oxygens (including phenoxy) is 1. The van der Waals surface area contributed by atoms with Crippen LogP contribution in [0.3, 0.4) is 0 Å². The van der Waals surface area contributed by atoms with Gasteiger partial charge in [-0.15, -0.1) is 0 Å². The second kappa shape index (κ2) is 9.47. The SMILES string of the molecule is CCCCCCCC[C@@]12CCC(=O)[C@@H]1CC=CCC[C@](O)(C(=O)OC)C2(F)F. The van der Waals surface area contributed by atoms with Crippen LogP contribution in [0.4, 0.5) is 8.78 Å². The third-order valence-corrected chi connectivity index (χ3v) is 6.73. The number of ketones is 1. The van der Waals surface area contributed by atoms with Crippen LogP contribution in [0.15, 0.2) is 12.2 Å². The van der Waals surface area contributed by atoms with Gasteiger partial charge in [-0.2, -0.15) is 0 Å². The summed E-state index contributed by atoms with van der Waals surface area (Å²) in [6.45, 7) is 2.12. The lowest BCUT2D eigenvalue weighted by molar-refractivity contribution is -0.261. The van der Waals surface area contributed by atoms with E-state index in [9.17, 15) is 14.7 Å². The molecule has 1 saturated carbocycles. The molecule has 0 bridgehead atoms. The maximum absolute atomic E-state index is 16.0. The third-order valence-electron chi connectivity index (χ3n) is 6.73. The molecule has 0 amide bonds. The number of alkyl halides is 2. The van der Waals surface area contributed by atoms with Crippen LogP contribution >= 0.6 is 0 Å². The van der Waals surface area contributed by atoms with E-state index in [4.69, 9.17) is 0 Å². The van der Waals surface area contributed by atoms with Crippen LogP contribution < -0.4 is 0 Å². The second-order valence-corrected chi connectivity index (χ2v) is 8.36. The van der Waals surface area contributed by atoms with Crippen molar-refractivity contribution in [1.82, 2.24) is 0 Å². The molecule has 0 heterocycles. The number of carbonyl (C=O) groups is 2. The van der Waals surface area contributed by atoms with Gasteiger partial charge in [0.1, 0.15) is 5.78 Å². The number of aliphatic hydroxyl groups is 1. The zero-order valence-corrected chi connectivity index (χ0v) is 17.1. The van der Waals surface area contributed by atoms with E-state index < -0.39 is 35.2 Å². The van der Waals surface area contributed by atoms with Crippen LogP contribution in [0.1, 0.15) is 84.0 Å². The van der Waals surface area contributed by atoms with Crippen molar-refractivity contribution in [2.75, 3.05) is 7.11 Å². The molecule has 0 radical (unpaired) electrons. The Morgan fingerprint density at radius 2 is 1.86 bits per heavy atom. The molecule has 160 valence electrons. The molecule has 2 aliphatic rings. The van der Waals surface area contributed by atoms with Crippen molar-refractivity contribution in [2.24, 2.45) is 11.3 Å². The van der Waals surface area contributed by atoms with Gasteiger partial charge >= 0.3 is 5.97 Å². The molecule has 0 aromatic rings. The summed E-state index contributed by atoms with van der Waals surface area (Å²) in [4.78, 5) is 24.8. The number of carbonyl (C=O) groups excluding carboxylic acids is 2. The van der Waals surface area contributed by atoms with E-state index in [1.807, 2.05) is 0 Å². The fourth-order valence-electron chi connectivity index (χ4n) is 5.02. The van der Waals surface area contributed by atoms with Gasteiger partial charge in [0.25, 0.3) is 5.92 Å². The highest BCUT2D eigenvalue weighted by Gasteiger charge is 2.72. The Morgan fingerprint density at radius 3 is 2.54 bits per heavy atom. The minimum absolute atomic E-state index is 0.00556. The number of unbranched alkanes of at least 4 members (excludes halogenated alkanes) is 5. The Bertz CT molecular complexity index is 589. The molecule has 28 heavy (non-hydrogen) atoms. The highest BCUT2D eigenvalue weighted by atomic mass is 19.3. The molecule has 4 nitrogen and oxygen atoms in total. The molecule has 0 aromatic carbocycles. The fraction of sp³-hybridized carbons (Fsp3) is 0.818. The standard InChI is InChI=1S/C22H34F2O4/c1-3-4-5-6-7-10-14-20-16-13-18(25)17(20)12-9-8-11-15-21(27,19(26)28-2)22(20,23)24/h8-9,17,27H,3-7,10-16H2,1-2H3/t17-,20+,21-/m0/s1. The Hall–Kier alpha value is -1.30. The minimum atomic E-state index is -3.74. The predicted molar refractivity (Wildman–Crippen MR) is 103 cm³/mol. The van der Waals surface area contributed by atoms with Crippen molar-refractivity contribution in [3.63, 3.8) is 0 Å². The summed E-state index contributed by atoms with van der Waals surface area (Å²) in [6.07, 6.45) is 9.23. The number of allylic oxidation sites excluding steroid dienone is 2. The summed E-state index contributed by atoms with van der Waals surface area (Å²) < 4.78 is 36.6. The van der Waals surface area contributed by atoms with E-state index in [1.54, 1.807) is 12.2 Å². The first-order chi connectivity index (χ1) is 13.3. The lowest BCUT2D eigenvalue weighted by atomic mass is 9.62. The maximum atomic E-state index is 16.0. The van der Waals surface area contributed by atoms with E-state index in [0.29, 0.717) is 6.42 Å². The number of hydrogen-bond donors (Lipinski definition) is 1. The van der Waals surface area contributed by atoms with E-state index in [0.717, 1.165) is 39.2 Å². The summed E-state index contributed by atoms with van der Waals surface area (Å²) in [5.74, 6) is -6.11. The van der Waals surface area contributed by atoms with Crippen LogP contribution in [-0.4, -0.2) is 35.5 Å². The van der Waals surface area contributed by atoms with E-state index in [1.165, 1.54) is 0 Å².